The molecule has 0 aliphatic heterocycles. The van der Waals surface area contributed by atoms with E-state index < -0.39 is 11.7 Å². The Hall–Kier alpha value is -1.40. The second-order valence-corrected chi connectivity index (χ2v) is 9.66. The third-order valence-electron chi connectivity index (χ3n) is 5.91. The summed E-state index contributed by atoms with van der Waals surface area (Å²) in [6, 6.07) is 4.54. The van der Waals surface area contributed by atoms with E-state index in [1.165, 1.54) is 76.3 Å². The SMILES string of the molecule is CCCCCCCCCCCCCCCCOc1c(C(F)(F)F)cnn1-c1ccc(Cl)cc1Cl. The Bertz CT molecular complexity index is 840. The molecule has 0 unspecified atom stereocenters. The Morgan fingerprint density at radius 3 is 1.85 bits per heavy atom. The molecule has 0 bridgehead atoms. The molecule has 2 rings (SSSR count). The fourth-order valence-electron chi connectivity index (χ4n) is 3.96. The molecule has 0 atom stereocenters. The van der Waals surface area contributed by atoms with Gasteiger partial charge in [-0.25, -0.2) is 0 Å². The monoisotopic (exact) mass is 520 g/mol. The first-order valence-electron chi connectivity index (χ1n) is 12.6. The maximum Gasteiger partial charge on any atom is 0.423 e. The Labute approximate surface area is 212 Å². The number of alkyl halides is 3. The third-order valence-corrected chi connectivity index (χ3v) is 6.44. The Morgan fingerprint density at radius 1 is 0.824 bits per heavy atom. The average molecular weight is 521 g/mol. The molecule has 3 nitrogen and oxygen atoms in total. The lowest BCUT2D eigenvalue weighted by atomic mass is 10.0. The van der Waals surface area contributed by atoms with Gasteiger partial charge in [0.15, 0.2) is 0 Å². The third kappa shape index (κ3) is 10.1. The van der Waals surface area contributed by atoms with E-state index >= 15 is 0 Å². The van der Waals surface area contributed by atoms with Crippen molar-refractivity contribution in [2.45, 2.75) is 103 Å². The van der Waals surface area contributed by atoms with Crippen LogP contribution in [0.3, 0.4) is 0 Å². The molecule has 34 heavy (non-hydrogen) atoms. The second kappa shape index (κ2) is 15.6. The molecular weight excluding hydrogens is 484 g/mol. The summed E-state index contributed by atoms with van der Waals surface area (Å²) in [6.45, 7) is 2.43. The lowest BCUT2D eigenvalue weighted by molar-refractivity contribution is -0.139. The molecule has 192 valence electrons. The molecule has 1 aromatic carbocycles. The zero-order chi connectivity index (χ0) is 24.8. The van der Waals surface area contributed by atoms with Crippen molar-refractivity contribution >= 4 is 23.2 Å². The van der Waals surface area contributed by atoms with E-state index in [0.717, 1.165) is 30.1 Å². The molecule has 0 aliphatic carbocycles. The van der Waals surface area contributed by atoms with Crippen LogP contribution in [0.15, 0.2) is 24.4 Å². The molecule has 0 fully saturated rings. The lowest BCUT2D eigenvalue weighted by Gasteiger charge is -2.14. The number of halogens is 5. The summed E-state index contributed by atoms with van der Waals surface area (Å²) in [5.74, 6) is -0.341. The van der Waals surface area contributed by atoms with E-state index in [4.69, 9.17) is 27.9 Å². The van der Waals surface area contributed by atoms with Crippen LogP contribution in [0, 0.1) is 0 Å². The van der Waals surface area contributed by atoms with Gasteiger partial charge in [0.2, 0.25) is 5.88 Å². The second-order valence-electron chi connectivity index (χ2n) is 8.81. The Kier molecular flexibility index (Phi) is 13.2. The first-order valence-corrected chi connectivity index (χ1v) is 13.3. The van der Waals surface area contributed by atoms with Gasteiger partial charge in [0.05, 0.1) is 23.5 Å². The lowest BCUT2D eigenvalue weighted by Crippen LogP contribution is -2.11. The first kappa shape index (κ1) is 28.8. The predicted octanol–water partition coefficient (Wildman–Crippen LogP) is 10.1. The number of ether oxygens (including phenoxy) is 1. The van der Waals surface area contributed by atoms with Gasteiger partial charge in [-0.1, -0.05) is 114 Å². The summed E-state index contributed by atoms with van der Waals surface area (Å²) < 4.78 is 47.0. The summed E-state index contributed by atoms with van der Waals surface area (Å²) in [4.78, 5) is 0. The van der Waals surface area contributed by atoms with Gasteiger partial charge in [0.1, 0.15) is 5.56 Å². The van der Waals surface area contributed by atoms with Crippen LogP contribution in [0.5, 0.6) is 5.88 Å². The minimum atomic E-state index is -4.57. The van der Waals surface area contributed by atoms with Gasteiger partial charge >= 0.3 is 6.18 Å². The van der Waals surface area contributed by atoms with Crippen molar-refractivity contribution in [2.75, 3.05) is 6.61 Å². The van der Waals surface area contributed by atoms with E-state index in [0.29, 0.717) is 11.4 Å². The molecule has 1 heterocycles. The average Bonchev–Trinajstić information content (AvgIpc) is 3.20. The molecule has 0 aliphatic rings. The van der Waals surface area contributed by atoms with Crippen molar-refractivity contribution in [3.8, 4) is 11.6 Å². The molecular formula is C26H37Cl2F3N2O. The molecule has 0 amide bonds. The van der Waals surface area contributed by atoms with E-state index in [1.807, 2.05) is 0 Å². The van der Waals surface area contributed by atoms with Gasteiger partial charge in [0, 0.05) is 5.02 Å². The van der Waals surface area contributed by atoms with Crippen LogP contribution < -0.4 is 4.74 Å². The fourth-order valence-corrected chi connectivity index (χ4v) is 4.45. The Morgan fingerprint density at radius 2 is 1.35 bits per heavy atom. The van der Waals surface area contributed by atoms with Crippen molar-refractivity contribution in [3.63, 3.8) is 0 Å². The van der Waals surface area contributed by atoms with E-state index in [2.05, 4.69) is 12.0 Å². The molecule has 8 heteroatoms. The van der Waals surface area contributed by atoms with Crippen molar-refractivity contribution in [1.29, 1.82) is 0 Å². The van der Waals surface area contributed by atoms with Crippen molar-refractivity contribution in [1.82, 2.24) is 9.78 Å². The van der Waals surface area contributed by atoms with Crippen LogP contribution in [0.25, 0.3) is 5.69 Å². The van der Waals surface area contributed by atoms with Crippen LogP contribution >= 0.6 is 23.2 Å². The number of nitrogens with zero attached hydrogens (tertiary/aromatic N) is 2. The standard InChI is InChI=1S/C26H37Cl2F3N2O/c1-2-3-4-5-6-7-8-9-10-11-12-13-14-15-18-34-25-22(26(29,30)31)20-32-33(25)24-17-16-21(27)19-23(24)28/h16-17,19-20H,2-15,18H2,1H3. The normalized spacial score (nSPS) is 11.8. The highest BCUT2D eigenvalue weighted by Gasteiger charge is 2.38. The van der Waals surface area contributed by atoms with Crippen LogP contribution in [-0.2, 0) is 6.18 Å². The maximum atomic E-state index is 13.5. The van der Waals surface area contributed by atoms with E-state index in [1.54, 1.807) is 6.07 Å². The van der Waals surface area contributed by atoms with Crippen LogP contribution in [0.1, 0.15) is 102 Å². The maximum absolute atomic E-state index is 13.5. The number of hydrogen-bond donors (Lipinski definition) is 0. The topological polar surface area (TPSA) is 27.1 Å². The van der Waals surface area contributed by atoms with Crippen LogP contribution in [0.2, 0.25) is 10.0 Å². The summed E-state index contributed by atoms with van der Waals surface area (Å²) in [5, 5.41) is 4.47. The highest BCUT2D eigenvalue weighted by Crippen LogP contribution is 2.38. The van der Waals surface area contributed by atoms with Crippen LogP contribution in [-0.4, -0.2) is 16.4 Å². The molecule has 0 N–H and O–H groups in total. The molecule has 0 saturated heterocycles. The molecule has 0 spiro atoms. The number of benzene rings is 1. The van der Waals surface area contributed by atoms with Gasteiger partial charge in [-0.15, -0.1) is 0 Å². The zero-order valence-corrected chi connectivity index (χ0v) is 21.6. The number of unbranched alkanes of at least 4 members (excludes halogenated alkanes) is 13. The van der Waals surface area contributed by atoms with Crippen molar-refractivity contribution in [2.24, 2.45) is 0 Å². The Balaban J connectivity index is 1.68. The molecule has 1 aromatic heterocycles. The molecule has 0 saturated carbocycles. The zero-order valence-electron chi connectivity index (χ0n) is 20.1. The van der Waals surface area contributed by atoms with Gasteiger partial charge in [-0.3, -0.25) is 0 Å². The van der Waals surface area contributed by atoms with Gasteiger partial charge in [0.25, 0.3) is 0 Å². The van der Waals surface area contributed by atoms with Gasteiger partial charge < -0.3 is 4.74 Å². The highest BCUT2D eigenvalue weighted by molar-refractivity contribution is 6.35. The highest BCUT2D eigenvalue weighted by atomic mass is 35.5. The van der Waals surface area contributed by atoms with Gasteiger partial charge in [-0.2, -0.15) is 23.0 Å². The van der Waals surface area contributed by atoms with Crippen LogP contribution in [0.4, 0.5) is 13.2 Å². The minimum absolute atomic E-state index is 0.192. The first-order chi connectivity index (χ1) is 16.3. The number of aromatic nitrogens is 2. The van der Waals surface area contributed by atoms with E-state index in [-0.39, 0.29) is 23.2 Å². The molecule has 2 aromatic rings. The van der Waals surface area contributed by atoms with E-state index in [9.17, 15) is 13.2 Å². The summed E-state index contributed by atoms with van der Waals surface area (Å²) >= 11 is 12.1. The molecule has 0 radical (unpaired) electrons. The fraction of sp³-hybridized carbons (Fsp3) is 0.654. The smallest absolute Gasteiger partial charge is 0.423 e. The summed E-state index contributed by atoms with van der Waals surface area (Å²) in [7, 11) is 0. The number of hydrogen-bond acceptors (Lipinski definition) is 2. The van der Waals surface area contributed by atoms with Crippen molar-refractivity contribution in [3.05, 3.63) is 40.0 Å². The van der Waals surface area contributed by atoms with Gasteiger partial charge in [-0.05, 0) is 24.6 Å². The number of rotatable bonds is 17. The quantitative estimate of drug-likeness (QED) is 0.194. The summed E-state index contributed by atoms with van der Waals surface area (Å²) in [5.41, 5.74) is -0.624. The minimum Gasteiger partial charge on any atom is -0.477 e. The van der Waals surface area contributed by atoms with Crippen molar-refractivity contribution < 1.29 is 17.9 Å². The summed E-state index contributed by atoms with van der Waals surface area (Å²) in [6.07, 6.45) is 13.2. The largest absolute Gasteiger partial charge is 0.477 e. The predicted molar refractivity (Wildman–Crippen MR) is 134 cm³/mol.